The maximum Gasteiger partial charge on any atom is 0.176 e. The molecule has 3 aromatic rings. The van der Waals surface area contributed by atoms with Crippen molar-refractivity contribution in [2.75, 3.05) is 12.8 Å². The molecule has 0 spiro atoms. The number of aromatic nitrogens is 1. The first-order valence-corrected chi connectivity index (χ1v) is 6.72. The highest BCUT2D eigenvalue weighted by atomic mass is 35.5. The number of methoxy groups -OCH3 is 1. The van der Waals surface area contributed by atoms with E-state index in [2.05, 4.69) is 5.16 Å². The van der Waals surface area contributed by atoms with Gasteiger partial charge in [0, 0.05) is 10.6 Å². The predicted molar refractivity (Wildman–Crippen MR) is 83.3 cm³/mol. The van der Waals surface area contributed by atoms with Gasteiger partial charge in [-0.3, -0.25) is 0 Å². The van der Waals surface area contributed by atoms with Crippen molar-refractivity contribution < 1.29 is 9.26 Å². The van der Waals surface area contributed by atoms with Crippen molar-refractivity contribution in [3.63, 3.8) is 0 Å². The largest absolute Gasteiger partial charge is 0.497 e. The summed E-state index contributed by atoms with van der Waals surface area (Å²) >= 11 is 6.03. The van der Waals surface area contributed by atoms with Crippen molar-refractivity contribution >= 4 is 17.4 Å². The Morgan fingerprint density at radius 3 is 2.62 bits per heavy atom. The standard InChI is InChI=1S/C16H13ClN2O2/c1-20-13-7-3-4-10(9-13)14-15(21-19-16(14)18)11-5-2-6-12(17)8-11/h2-9H,1H3,(H2,18,19). The molecule has 0 unspecified atom stereocenters. The van der Waals surface area contributed by atoms with Crippen molar-refractivity contribution in [3.05, 3.63) is 53.6 Å². The SMILES string of the molecule is COc1cccc(-c2c(N)noc2-c2cccc(Cl)c2)c1. The number of benzene rings is 2. The second-order valence-electron chi connectivity index (χ2n) is 4.51. The zero-order valence-electron chi connectivity index (χ0n) is 11.3. The van der Waals surface area contributed by atoms with Gasteiger partial charge in [-0.2, -0.15) is 0 Å². The van der Waals surface area contributed by atoms with Crippen LogP contribution in [-0.4, -0.2) is 12.3 Å². The van der Waals surface area contributed by atoms with Crippen LogP contribution in [0.5, 0.6) is 5.75 Å². The number of halogens is 1. The van der Waals surface area contributed by atoms with Crippen LogP contribution in [0.25, 0.3) is 22.5 Å². The molecule has 4 nitrogen and oxygen atoms in total. The molecule has 0 saturated carbocycles. The first kappa shape index (κ1) is 13.5. The van der Waals surface area contributed by atoms with Crippen molar-refractivity contribution in [1.82, 2.24) is 5.16 Å². The fraction of sp³-hybridized carbons (Fsp3) is 0.0625. The minimum absolute atomic E-state index is 0.332. The predicted octanol–water partition coefficient (Wildman–Crippen LogP) is 4.25. The van der Waals surface area contributed by atoms with Crippen molar-refractivity contribution in [1.29, 1.82) is 0 Å². The first-order chi connectivity index (χ1) is 10.2. The number of anilines is 1. The van der Waals surface area contributed by atoms with Crippen LogP contribution in [-0.2, 0) is 0 Å². The molecule has 0 fully saturated rings. The minimum atomic E-state index is 0.332. The Balaban J connectivity index is 2.17. The molecule has 0 bridgehead atoms. The smallest absolute Gasteiger partial charge is 0.176 e. The molecule has 0 amide bonds. The van der Waals surface area contributed by atoms with Gasteiger partial charge in [0.25, 0.3) is 0 Å². The lowest BCUT2D eigenvalue weighted by Gasteiger charge is -2.05. The lowest BCUT2D eigenvalue weighted by molar-refractivity contribution is 0.415. The molecule has 0 aliphatic heterocycles. The Morgan fingerprint density at radius 2 is 1.86 bits per heavy atom. The molecular formula is C16H13ClN2O2. The topological polar surface area (TPSA) is 61.3 Å². The van der Waals surface area contributed by atoms with Gasteiger partial charge in [0.1, 0.15) is 5.75 Å². The minimum Gasteiger partial charge on any atom is -0.497 e. The van der Waals surface area contributed by atoms with Crippen molar-refractivity contribution in [2.45, 2.75) is 0 Å². The van der Waals surface area contributed by atoms with Gasteiger partial charge in [-0.05, 0) is 29.8 Å². The molecule has 1 aromatic heterocycles. The van der Waals surface area contributed by atoms with Crippen molar-refractivity contribution in [3.8, 4) is 28.2 Å². The van der Waals surface area contributed by atoms with Crippen LogP contribution in [0, 0.1) is 0 Å². The maximum atomic E-state index is 6.03. The summed E-state index contributed by atoms with van der Waals surface area (Å²) in [6, 6.07) is 14.9. The first-order valence-electron chi connectivity index (χ1n) is 6.34. The third kappa shape index (κ3) is 2.58. The normalized spacial score (nSPS) is 10.6. The average Bonchev–Trinajstić information content (AvgIpc) is 2.89. The summed E-state index contributed by atoms with van der Waals surface area (Å²) in [6.07, 6.45) is 0. The van der Waals surface area contributed by atoms with Crippen LogP contribution >= 0.6 is 11.6 Å². The second-order valence-corrected chi connectivity index (χ2v) is 4.95. The zero-order chi connectivity index (χ0) is 14.8. The number of hydrogen-bond acceptors (Lipinski definition) is 4. The summed E-state index contributed by atoms with van der Waals surface area (Å²) < 4.78 is 10.6. The summed E-state index contributed by atoms with van der Waals surface area (Å²) in [7, 11) is 1.62. The van der Waals surface area contributed by atoms with Crippen LogP contribution in [0.3, 0.4) is 0 Å². The Bertz CT molecular complexity index is 783. The molecule has 3 rings (SSSR count). The third-order valence-corrected chi connectivity index (χ3v) is 3.40. The number of nitrogen functional groups attached to an aromatic ring is 1. The van der Waals surface area contributed by atoms with Crippen LogP contribution in [0.2, 0.25) is 5.02 Å². The molecule has 2 aromatic carbocycles. The van der Waals surface area contributed by atoms with E-state index in [1.165, 1.54) is 0 Å². The van der Waals surface area contributed by atoms with Crippen LogP contribution in [0.15, 0.2) is 53.1 Å². The van der Waals surface area contributed by atoms with Crippen molar-refractivity contribution in [2.24, 2.45) is 0 Å². The quantitative estimate of drug-likeness (QED) is 0.785. The fourth-order valence-corrected chi connectivity index (χ4v) is 2.38. The second kappa shape index (κ2) is 5.50. The maximum absolute atomic E-state index is 6.03. The Kier molecular flexibility index (Phi) is 3.54. The fourth-order valence-electron chi connectivity index (χ4n) is 2.19. The Hall–Kier alpha value is -2.46. The van der Waals surface area contributed by atoms with E-state index in [1.807, 2.05) is 42.5 Å². The number of hydrogen-bond donors (Lipinski definition) is 1. The molecule has 1 heterocycles. The lowest BCUT2D eigenvalue weighted by Crippen LogP contribution is -1.90. The van der Waals surface area contributed by atoms with Gasteiger partial charge in [-0.15, -0.1) is 0 Å². The van der Waals surface area contributed by atoms with E-state index in [0.717, 1.165) is 22.4 Å². The zero-order valence-corrected chi connectivity index (χ0v) is 12.1. The molecule has 0 radical (unpaired) electrons. The number of nitrogens with zero attached hydrogens (tertiary/aromatic N) is 1. The van der Waals surface area contributed by atoms with E-state index in [4.69, 9.17) is 26.6 Å². The molecule has 0 atom stereocenters. The van der Waals surface area contributed by atoms with Gasteiger partial charge in [-0.25, -0.2) is 0 Å². The molecule has 106 valence electrons. The van der Waals surface area contributed by atoms with E-state index in [1.54, 1.807) is 13.2 Å². The highest BCUT2D eigenvalue weighted by molar-refractivity contribution is 6.30. The molecule has 0 saturated heterocycles. The van der Waals surface area contributed by atoms with E-state index in [9.17, 15) is 0 Å². The van der Waals surface area contributed by atoms with Crippen LogP contribution < -0.4 is 10.5 Å². The molecule has 2 N–H and O–H groups in total. The number of nitrogens with two attached hydrogens (primary N) is 1. The van der Waals surface area contributed by atoms with Gasteiger partial charge >= 0.3 is 0 Å². The third-order valence-electron chi connectivity index (χ3n) is 3.16. The highest BCUT2D eigenvalue weighted by Gasteiger charge is 2.18. The summed E-state index contributed by atoms with van der Waals surface area (Å²) in [4.78, 5) is 0. The lowest BCUT2D eigenvalue weighted by atomic mass is 10.0. The van der Waals surface area contributed by atoms with Gasteiger partial charge in [0.05, 0.1) is 12.7 Å². The van der Waals surface area contributed by atoms with Gasteiger partial charge in [0.15, 0.2) is 11.6 Å². The van der Waals surface area contributed by atoms with Gasteiger partial charge in [0.2, 0.25) is 0 Å². The van der Waals surface area contributed by atoms with E-state index < -0.39 is 0 Å². The molecule has 21 heavy (non-hydrogen) atoms. The summed E-state index contributed by atoms with van der Waals surface area (Å²) in [5.41, 5.74) is 8.40. The summed E-state index contributed by atoms with van der Waals surface area (Å²) in [6.45, 7) is 0. The van der Waals surface area contributed by atoms with E-state index >= 15 is 0 Å². The highest BCUT2D eigenvalue weighted by Crippen LogP contribution is 2.38. The summed E-state index contributed by atoms with van der Waals surface area (Å²) in [5, 5.41) is 4.50. The Labute approximate surface area is 127 Å². The van der Waals surface area contributed by atoms with Gasteiger partial charge < -0.3 is 15.0 Å². The molecule has 5 heteroatoms. The monoisotopic (exact) mass is 300 g/mol. The number of rotatable bonds is 3. The van der Waals surface area contributed by atoms with E-state index in [-0.39, 0.29) is 0 Å². The molecular weight excluding hydrogens is 288 g/mol. The number of ether oxygens (including phenoxy) is 1. The Morgan fingerprint density at radius 1 is 1.10 bits per heavy atom. The van der Waals surface area contributed by atoms with E-state index in [0.29, 0.717) is 16.6 Å². The summed E-state index contributed by atoms with van der Waals surface area (Å²) in [5.74, 6) is 1.66. The molecule has 0 aliphatic carbocycles. The average molecular weight is 301 g/mol. The van der Waals surface area contributed by atoms with Crippen LogP contribution in [0.1, 0.15) is 0 Å². The van der Waals surface area contributed by atoms with Crippen LogP contribution in [0.4, 0.5) is 5.82 Å². The van der Waals surface area contributed by atoms with Gasteiger partial charge in [-0.1, -0.05) is 41.0 Å². The molecule has 0 aliphatic rings.